The lowest BCUT2D eigenvalue weighted by Gasteiger charge is -2.03. The Labute approximate surface area is 103 Å². The number of carbonyl (C=O) groups is 1. The largest absolute Gasteiger partial charge is 0.497 e. The third-order valence-electron chi connectivity index (χ3n) is 2.33. The predicted molar refractivity (Wildman–Crippen MR) is 62.1 cm³/mol. The van der Waals surface area contributed by atoms with Crippen LogP contribution in [0.3, 0.4) is 0 Å². The number of nitriles is 1. The second kappa shape index (κ2) is 5.10. The molecule has 90 valence electrons. The Morgan fingerprint density at radius 1 is 1.56 bits per heavy atom. The summed E-state index contributed by atoms with van der Waals surface area (Å²) < 4.78 is 6.38. The molecule has 0 aliphatic carbocycles. The zero-order chi connectivity index (χ0) is 13.0. The molecule has 0 spiro atoms. The van der Waals surface area contributed by atoms with Crippen LogP contribution in [0.2, 0.25) is 0 Å². The predicted octanol–water partition coefficient (Wildman–Crippen LogP) is 1.04. The van der Waals surface area contributed by atoms with Crippen LogP contribution in [0, 0.1) is 11.3 Å². The Hall–Kier alpha value is -2.68. The fraction of sp³-hybridized carbons (Fsp3) is 0.167. The van der Waals surface area contributed by atoms with Gasteiger partial charge < -0.3 is 4.74 Å². The lowest BCUT2D eigenvalue weighted by molar-refractivity contribution is 0.0967. The number of ketones is 1. The Kier molecular flexibility index (Phi) is 3.34. The molecule has 2 aromatic rings. The Morgan fingerprint density at radius 2 is 2.39 bits per heavy atom. The molecule has 0 fully saturated rings. The number of Topliss-reactive ketones (excluding diaryl/α,β-unsaturated/α-hetero) is 1. The summed E-state index contributed by atoms with van der Waals surface area (Å²) in [4.78, 5) is 15.7. The number of nitrogens with zero attached hydrogens (tertiary/aromatic N) is 4. The summed E-state index contributed by atoms with van der Waals surface area (Å²) in [6.07, 6.45) is 1.36. The second-order valence-electron chi connectivity index (χ2n) is 3.53. The van der Waals surface area contributed by atoms with Crippen LogP contribution in [-0.4, -0.2) is 27.7 Å². The molecule has 2 rings (SSSR count). The van der Waals surface area contributed by atoms with Gasteiger partial charge in [-0.1, -0.05) is 12.1 Å². The van der Waals surface area contributed by atoms with Crippen LogP contribution < -0.4 is 4.74 Å². The number of hydrogen-bond acceptors (Lipinski definition) is 5. The molecule has 0 bridgehead atoms. The molecule has 0 radical (unpaired) electrons. The number of carbonyl (C=O) groups excluding carboxylic acids is 1. The molecule has 6 heteroatoms. The molecule has 0 saturated carbocycles. The number of hydrogen-bond donors (Lipinski definition) is 0. The quantitative estimate of drug-likeness (QED) is 0.748. The molecule has 0 aliphatic heterocycles. The number of benzene rings is 1. The topological polar surface area (TPSA) is 80.8 Å². The Morgan fingerprint density at radius 3 is 3.06 bits per heavy atom. The maximum Gasteiger partial charge on any atom is 0.252 e. The molecule has 0 aliphatic rings. The van der Waals surface area contributed by atoms with Crippen LogP contribution in [-0.2, 0) is 6.54 Å². The van der Waals surface area contributed by atoms with E-state index in [4.69, 9.17) is 10.00 Å². The van der Waals surface area contributed by atoms with E-state index in [1.807, 2.05) is 0 Å². The fourth-order valence-electron chi connectivity index (χ4n) is 1.46. The van der Waals surface area contributed by atoms with Crippen LogP contribution in [0.1, 0.15) is 16.2 Å². The van der Waals surface area contributed by atoms with Crippen molar-refractivity contribution in [3.63, 3.8) is 0 Å². The molecule has 0 amide bonds. The molecule has 6 nitrogen and oxygen atoms in total. The first-order valence-corrected chi connectivity index (χ1v) is 5.19. The summed E-state index contributed by atoms with van der Waals surface area (Å²) in [5.74, 6) is 0.550. The van der Waals surface area contributed by atoms with Crippen molar-refractivity contribution >= 4 is 5.78 Å². The first-order valence-electron chi connectivity index (χ1n) is 5.19. The van der Waals surface area contributed by atoms with E-state index in [0.717, 1.165) is 0 Å². The molecule has 0 saturated heterocycles. The first kappa shape index (κ1) is 11.8. The summed E-state index contributed by atoms with van der Waals surface area (Å²) in [6, 6.07) is 8.67. The van der Waals surface area contributed by atoms with E-state index in [2.05, 4.69) is 10.1 Å². The molecule has 0 unspecified atom stereocenters. The van der Waals surface area contributed by atoms with E-state index in [-0.39, 0.29) is 18.2 Å². The van der Waals surface area contributed by atoms with Gasteiger partial charge in [0, 0.05) is 5.56 Å². The molecule has 1 heterocycles. The van der Waals surface area contributed by atoms with E-state index < -0.39 is 0 Å². The van der Waals surface area contributed by atoms with Crippen molar-refractivity contribution in [1.29, 1.82) is 5.26 Å². The number of aromatic nitrogens is 3. The number of ether oxygens (including phenoxy) is 1. The zero-order valence-corrected chi connectivity index (χ0v) is 9.70. The average Bonchev–Trinajstić information content (AvgIpc) is 2.86. The normalized spacial score (nSPS) is 9.78. The van der Waals surface area contributed by atoms with Crippen LogP contribution in [0.15, 0.2) is 30.6 Å². The zero-order valence-electron chi connectivity index (χ0n) is 9.70. The van der Waals surface area contributed by atoms with Crippen molar-refractivity contribution in [2.45, 2.75) is 6.54 Å². The van der Waals surface area contributed by atoms with Crippen molar-refractivity contribution < 1.29 is 9.53 Å². The maximum absolute atomic E-state index is 12.0. The molecular formula is C12H10N4O2. The van der Waals surface area contributed by atoms with Crippen molar-refractivity contribution in [3.8, 4) is 11.8 Å². The van der Waals surface area contributed by atoms with Crippen LogP contribution in [0.5, 0.6) is 5.75 Å². The van der Waals surface area contributed by atoms with Gasteiger partial charge in [-0.05, 0) is 12.1 Å². The Balaban J connectivity index is 2.14. The highest BCUT2D eigenvalue weighted by molar-refractivity contribution is 5.96. The van der Waals surface area contributed by atoms with Crippen molar-refractivity contribution in [2.24, 2.45) is 0 Å². The minimum absolute atomic E-state index is 0.0435. The van der Waals surface area contributed by atoms with Crippen LogP contribution >= 0.6 is 0 Å². The standard InChI is InChI=1S/C12H10N4O2/c1-18-10-4-2-3-9(5-10)11(17)7-16-8-14-12(6-13)15-16/h2-5,8H,7H2,1H3. The lowest BCUT2D eigenvalue weighted by atomic mass is 10.1. The third-order valence-corrected chi connectivity index (χ3v) is 2.33. The molecular weight excluding hydrogens is 232 g/mol. The van der Waals surface area contributed by atoms with Gasteiger partial charge in [0.15, 0.2) is 5.78 Å². The summed E-state index contributed by atoms with van der Waals surface area (Å²) in [5, 5.41) is 12.4. The van der Waals surface area contributed by atoms with Gasteiger partial charge in [-0.25, -0.2) is 9.67 Å². The summed E-state index contributed by atoms with van der Waals surface area (Å²) >= 11 is 0. The van der Waals surface area contributed by atoms with Gasteiger partial charge in [0.1, 0.15) is 24.7 Å². The van der Waals surface area contributed by atoms with E-state index in [9.17, 15) is 4.79 Å². The van der Waals surface area contributed by atoms with Gasteiger partial charge in [-0.2, -0.15) is 5.26 Å². The summed E-state index contributed by atoms with van der Waals surface area (Å²) in [7, 11) is 1.54. The molecule has 18 heavy (non-hydrogen) atoms. The SMILES string of the molecule is COc1cccc(C(=O)Cn2cnc(C#N)n2)c1. The van der Waals surface area contributed by atoms with Crippen LogP contribution in [0.4, 0.5) is 0 Å². The third kappa shape index (κ3) is 2.52. The van der Waals surface area contributed by atoms with Gasteiger partial charge >= 0.3 is 0 Å². The van der Waals surface area contributed by atoms with Gasteiger partial charge in [0.25, 0.3) is 5.82 Å². The number of rotatable bonds is 4. The van der Waals surface area contributed by atoms with E-state index >= 15 is 0 Å². The molecule has 1 aromatic heterocycles. The van der Waals surface area contributed by atoms with Crippen molar-refractivity contribution in [1.82, 2.24) is 14.8 Å². The van der Waals surface area contributed by atoms with Crippen LogP contribution in [0.25, 0.3) is 0 Å². The molecule has 0 N–H and O–H groups in total. The van der Waals surface area contributed by atoms with Gasteiger partial charge in [0.05, 0.1) is 7.11 Å². The van der Waals surface area contributed by atoms with E-state index in [1.54, 1.807) is 37.4 Å². The monoisotopic (exact) mass is 242 g/mol. The highest BCUT2D eigenvalue weighted by Crippen LogP contribution is 2.13. The van der Waals surface area contributed by atoms with E-state index in [1.165, 1.54) is 11.0 Å². The fourth-order valence-corrected chi connectivity index (χ4v) is 1.46. The van der Waals surface area contributed by atoms with Gasteiger partial charge in [-0.15, -0.1) is 5.10 Å². The van der Waals surface area contributed by atoms with Gasteiger partial charge in [0.2, 0.25) is 0 Å². The van der Waals surface area contributed by atoms with E-state index in [0.29, 0.717) is 11.3 Å². The summed E-state index contributed by atoms with van der Waals surface area (Å²) in [6.45, 7) is 0.0435. The van der Waals surface area contributed by atoms with Crippen molar-refractivity contribution in [2.75, 3.05) is 7.11 Å². The summed E-state index contributed by atoms with van der Waals surface area (Å²) in [5.41, 5.74) is 0.531. The van der Waals surface area contributed by atoms with Gasteiger partial charge in [-0.3, -0.25) is 4.79 Å². The Bertz CT molecular complexity index is 613. The maximum atomic E-state index is 12.0. The van der Waals surface area contributed by atoms with Crippen molar-refractivity contribution in [3.05, 3.63) is 42.0 Å². The molecule has 1 aromatic carbocycles. The smallest absolute Gasteiger partial charge is 0.252 e. The highest BCUT2D eigenvalue weighted by Gasteiger charge is 2.09. The average molecular weight is 242 g/mol. The second-order valence-corrected chi connectivity index (χ2v) is 3.53. The minimum Gasteiger partial charge on any atom is -0.497 e. The first-order chi connectivity index (χ1) is 8.72. The lowest BCUT2D eigenvalue weighted by Crippen LogP contribution is -2.11. The highest BCUT2D eigenvalue weighted by atomic mass is 16.5. The molecule has 0 atom stereocenters. The minimum atomic E-state index is -0.122. The number of methoxy groups -OCH3 is 1.